The molecule has 0 spiro atoms. The van der Waals surface area contributed by atoms with Crippen molar-refractivity contribution < 1.29 is 9.53 Å². The maximum Gasteiger partial charge on any atom is 0.256 e. The normalized spacial score (nSPS) is 10.2. The molecule has 1 amide bonds. The molecule has 1 aromatic heterocycles. The second kappa shape index (κ2) is 9.13. The largest absolute Gasteiger partial charge is 0.491 e. The van der Waals surface area contributed by atoms with Gasteiger partial charge in [0, 0.05) is 11.4 Å². The van der Waals surface area contributed by atoms with Gasteiger partial charge in [0.05, 0.1) is 23.4 Å². The average Bonchev–Trinajstić information content (AvgIpc) is 2.53. The van der Waals surface area contributed by atoms with Gasteiger partial charge in [0.1, 0.15) is 0 Å². The first-order valence-electron chi connectivity index (χ1n) is 8.37. The Hall–Kier alpha value is -2.10. The SMILES string of the molecule is CC.CCCOc1c(C)nc2ccccc2c1C(=O)NC(C)C. The molecule has 0 aliphatic carbocycles. The molecule has 0 saturated carbocycles. The number of para-hydroxylation sites is 1. The first-order valence-corrected chi connectivity index (χ1v) is 8.37. The van der Waals surface area contributed by atoms with Crippen LogP contribution < -0.4 is 10.1 Å². The molecule has 4 heteroatoms. The summed E-state index contributed by atoms with van der Waals surface area (Å²) in [6, 6.07) is 7.73. The number of amides is 1. The molecule has 126 valence electrons. The number of hydrogen-bond donors (Lipinski definition) is 1. The average molecular weight is 316 g/mol. The van der Waals surface area contributed by atoms with Crippen LogP contribution in [0.25, 0.3) is 10.9 Å². The van der Waals surface area contributed by atoms with Crippen molar-refractivity contribution in [2.75, 3.05) is 6.61 Å². The van der Waals surface area contributed by atoms with Crippen molar-refractivity contribution in [1.82, 2.24) is 10.3 Å². The molecule has 2 rings (SSSR count). The molecule has 0 aliphatic heterocycles. The molecule has 2 aromatic rings. The molecule has 0 fully saturated rings. The highest BCUT2D eigenvalue weighted by Gasteiger charge is 2.20. The minimum absolute atomic E-state index is 0.0729. The van der Waals surface area contributed by atoms with Crippen LogP contribution in [-0.2, 0) is 0 Å². The number of ether oxygens (including phenoxy) is 1. The number of benzene rings is 1. The van der Waals surface area contributed by atoms with E-state index in [-0.39, 0.29) is 11.9 Å². The third kappa shape index (κ3) is 4.68. The van der Waals surface area contributed by atoms with E-state index < -0.39 is 0 Å². The third-order valence-corrected chi connectivity index (χ3v) is 3.11. The van der Waals surface area contributed by atoms with Crippen molar-refractivity contribution in [3.8, 4) is 5.75 Å². The standard InChI is InChI=1S/C17H22N2O2.C2H6/c1-5-10-21-16-12(4)19-14-9-7-6-8-13(14)15(16)17(20)18-11(2)3;1-2/h6-9,11H,5,10H2,1-4H3,(H,18,20);1-2H3. The zero-order chi connectivity index (χ0) is 17.4. The van der Waals surface area contributed by atoms with Crippen molar-refractivity contribution in [1.29, 1.82) is 0 Å². The summed E-state index contributed by atoms with van der Waals surface area (Å²) in [6.07, 6.45) is 0.886. The van der Waals surface area contributed by atoms with Gasteiger partial charge < -0.3 is 10.1 Å². The van der Waals surface area contributed by atoms with Gasteiger partial charge in [0.25, 0.3) is 5.91 Å². The van der Waals surface area contributed by atoms with Crippen LogP contribution >= 0.6 is 0 Å². The second-order valence-corrected chi connectivity index (χ2v) is 5.40. The molecule has 4 nitrogen and oxygen atoms in total. The molecule has 0 aliphatic rings. The molecule has 0 bridgehead atoms. The van der Waals surface area contributed by atoms with E-state index in [4.69, 9.17) is 4.74 Å². The number of nitrogens with zero attached hydrogens (tertiary/aromatic N) is 1. The minimum atomic E-state index is -0.113. The van der Waals surface area contributed by atoms with E-state index in [1.54, 1.807) is 0 Å². The number of nitrogens with one attached hydrogen (secondary N) is 1. The smallest absolute Gasteiger partial charge is 0.256 e. The molecule has 0 radical (unpaired) electrons. The fourth-order valence-corrected chi connectivity index (χ4v) is 2.26. The number of aromatic nitrogens is 1. The van der Waals surface area contributed by atoms with Gasteiger partial charge >= 0.3 is 0 Å². The van der Waals surface area contributed by atoms with E-state index in [0.29, 0.717) is 17.9 Å². The predicted molar refractivity (Wildman–Crippen MR) is 96.2 cm³/mol. The first kappa shape index (κ1) is 18.9. The maximum absolute atomic E-state index is 12.6. The summed E-state index contributed by atoms with van der Waals surface area (Å²) in [6.45, 7) is 12.4. The quantitative estimate of drug-likeness (QED) is 0.884. The fourth-order valence-electron chi connectivity index (χ4n) is 2.26. The van der Waals surface area contributed by atoms with Gasteiger partial charge in [0.2, 0.25) is 0 Å². The van der Waals surface area contributed by atoms with Gasteiger partial charge in [-0.15, -0.1) is 0 Å². The predicted octanol–water partition coefficient (Wildman–Crippen LogP) is 4.50. The Bertz CT molecular complexity index is 651. The highest BCUT2D eigenvalue weighted by Crippen LogP contribution is 2.30. The minimum Gasteiger partial charge on any atom is -0.491 e. The van der Waals surface area contributed by atoms with Crippen LogP contribution in [0.5, 0.6) is 5.75 Å². The monoisotopic (exact) mass is 316 g/mol. The van der Waals surface area contributed by atoms with Gasteiger partial charge in [0.15, 0.2) is 5.75 Å². The van der Waals surface area contributed by atoms with E-state index in [0.717, 1.165) is 23.0 Å². The summed E-state index contributed by atoms with van der Waals surface area (Å²) in [4.78, 5) is 17.1. The number of rotatable bonds is 5. The topological polar surface area (TPSA) is 51.2 Å². The zero-order valence-electron chi connectivity index (χ0n) is 15.1. The van der Waals surface area contributed by atoms with Gasteiger partial charge in [-0.3, -0.25) is 4.79 Å². The van der Waals surface area contributed by atoms with Gasteiger partial charge in [-0.05, 0) is 33.3 Å². The molecule has 0 atom stereocenters. The van der Waals surface area contributed by atoms with E-state index in [1.807, 2.05) is 65.8 Å². The maximum atomic E-state index is 12.6. The Morgan fingerprint density at radius 3 is 2.52 bits per heavy atom. The molecule has 23 heavy (non-hydrogen) atoms. The van der Waals surface area contributed by atoms with Crippen LogP contribution in [0, 0.1) is 6.92 Å². The van der Waals surface area contributed by atoms with Crippen LogP contribution in [-0.4, -0.2) is 23.5 Å². The number of aryl methyl sites for hydroxylation is 1. The fraction of sp³-hybridized carbons (Fsp3) is 0.474. The molecule has 1 aromatic carbocycles. The lowest BCUT2D eigenvalue weighted by Gasteiger charge is -2.17. The second-order valence-electron chi connectivity index (χ2n) is 5.40. The van der Waals surface area contributed by atoms with Gasteiger partial charge in [-0.2, -0.15) is 0 Å². The highest BCUT2D eigenvalue weighted by molar-refractivity contribution is 6.08. The van der Waals surface area contributed by atoms with Crippen LogP contribution in [0.3, 0.4) is 0 Å². The number of pyridine rings is 1. The summed E-state index contributed by atoms with van der Waals surface area (Å²) in [7, 11) is 0. The van der Waals surface area contributed by atoms with E-state index >= 15 is 0 Å². The van der Waals surface area contributed by atoms with E-state index in [9.17, 15) is 4.79 Å². The van der Waals surface area contributed by atoms with Crippen molar-refractivity contribution in [2.45, 2.75) is 54.0 Å². The van der Waals surface area contributed by atoms with Crippen molar-refractivity contribution in [2.24, 2.45) is 0 Å². The zero-order valence-corrected chi connectivity index (χ0v) is 15.1. The third-order valence-electron chi connectivity index (χ3n) is 3.11. The summed E-state index contributed by atoms with van der Waals surface area (Å²) >= 11 is 0. The van der Waals surface area contributed by atoms with Gasteiger partial charge in [-0.25, -0.2) is 4.98 Å². The Balaban J connectivity index is 0.00000127. The summed E-state index contributed by atoms with van der Waals surface area (Å²) in [5, 5.41) is 3.77. The molecular formula is C19H28N2O2. The number of fused-ring (bicyclic) bond motifs is 1. The van der Waals surface area contributed by atoms with Crippen LogP contribution in [0.1, 0.15) is 57.1 Å². The summed E-state index contributed by atoms with van der Waals surface area (Å²) in [5.74, 6) is 0.478. The molecular weight excluding hydrogens is 288 g/mol. The lowest BCUT2D eigenvalue weighted by molar-refractivity contribution is 0.0940. The molecule has 1 N–H and O–H groups in total. The Kier molecular flexibility index (Phi) is 7.52. The summed E-state index contributed by atoms with van der Waals surface area (Å²) in [5.41, 5.74) is 2.14. The number of carbonyl (C=O) groups is 1. The Morgan fingerprint density at radius 1 is 1.26 bits per heavy atom. The van der Waals surface area contributed by atoms with Crippen LogP contribution in [0.15, 0.2) is 24.3 Å². The van der Waals surface area contributed by atoms with Gasteiger partial charge in [-0.1, -0.05) is 39.0 Å². The van der Waals surface area contributed by atoms with Crippen LogP contribution in [0.2, 0.25) is 0 Å². The van der Waals surface area contributed by atoms with Crippen molar-refractivity contribution in [3.05, 3.63) is 35.5 Å². The lowest BCUT2D eigenvalue weighted by atomic mass is 10.1. The van der Waals surface area contributed by atoms with E-state index in [1.165, 1.54) is 0 Å². The first-order chi connectivity index (χ1) is 11.0. The van der Waals surface area contributed by atoms with E-state index in [2.05, 4.69) is 10.3 Å². The lowest BCUT2D eigenvalue weighted by Crippen LogP contribution is -2.31. The Morgan fingerprint density at radius 2 is 1.91 bits per heavy atom. The molecule has 0 unspecified atom stereocenters. The summed E-state index contributed by atoms with van der Waals surface area (Å²) < 4.78 is 5.80. The molecule has 0 saturated heterocycles. The number of hydrogen-bond acceptors (Lipinski definition) is 3. The molecule has 1 heterocycles. The van der Waals surface area contributed by atoms with Crippen molar-refractivity contribution >= 4 is 16.8 Å². The Labute approximate surface area is 139 Å². The van der Waals surface area contributed by atoms with Crippen molar-refractivity contribution in [3.63, 3.8) is 0 Å². The number of carbonyl (C=O) groups excluding carboxylic acids is 1. The van der Waals surface area contributed by atoms with Crippen LogP contribution in [0.4, 0.5) is 0 Å². The highest BCUT2D eigenvalue weighted by atomic mass is 16.5.